The molecule has 0 aromatic carbocycles. The molecule has 0 radical (unpaired) electrons. The van der Waals surface area contributed by atoms with Gasteiger partial charge in [0.15, 0.2) is 5.78 Å². The van der Waals surface area contributed by atoms with Gasteiger partial charge in [-0.2, -0.15) is 0 Å². The second kappa shape index (κ2) is 3.56. The van der Waals surface area contributed by atoms with Crippen molar-refractivity contribution >= 4 is 11.8 Å². The van der Waals surface area contributed by atoms with Gasteiger partial charge in [0.1, 0.15) is 6.10 Å². The van der Waals surface area contributed by atoms with Crippen LogP contribution in [-0.4, -0.2) is 17.9 Å². The average molecular weight is 232 g/mol. The molecule has 90 valence electrons. The zero-order chi connectivity index (χ0) is 12.2. The molecule has 3 nitrogen and oxygen atoms in total. The van der Waals surface area contributed by atoms with Crippen LogP contribution in [0.15, 0.2) is 24.3 Å². The molecule has 4 unspecified atom stereocenters. The Bertz CT molecular complexity index is 435. The molecule has 0 bridgehead atoms. The summed E-state index contributed by atoms with van der Waals surface area (Å²) >= 11 is 0. The van der Waals surface area contributed by atoms with Gasteiger partial charge in [-0.1, -0.05) is 19.6 Å². The van der Waals surface area contributed by atoms with E-state index in [2.05, 4.69) is 13.5 Å². The highest BCUT2D eigenvalue weighted by molar-refractivity contribution is 5.95. The molecular weight excluding hydrogens is 216 g/mol. The Balaban J connectivity index is 1.92. The zero-order valence-electron chi connectivity index (χ0n) is 9.89. The number of carbonyl (C=O) groups is 2. The Kier molecular flexibility index (Phi) is 2.25. The van der Waals surface area contributed by atoms with Gasteiger partial charge in [0, 0.05) is 17.4 Å². The van der Waals surface area contributed by atoms with Gasteiger partial charge in [0.25, 0.3) is 0 Å². The standard InChI is InChI=1S/C14H16O3/c1-7-5-13-10(8(2)14(16)17-13)6-11-9(7)3-4-12(11)15/h3-4,7,9-11,13H,2,5-6H2,1H3/t7-,9?,10?,11?,13?/m1/s1. The number of fused-ring (bicyclic) bond motifs is 2. The first-order valence-corrected chi connectivity index (χ1v) is 6.19. The van der Waals surface area contributed by atoms with Crippen molar-refractivity contribution in [1.82, 2.24) is 0 Å². The van der Waals surface area contributed by atoms with Gasteiger partial charge in [-0.3, -0.25) is 4.79 Å². The number of hydrogen-bond donors (Lipinski definition) is 0. The molecule has 2 aliphatic carbocycles. The van der Waals surface area contributed by atoms with E-state index in [0.717, 1.165) is 12.8 Å². The van der Waals surface area contributed by atoms with E-state index in [4.69, 9.17) is 4.74 Å². The summed E-state index contributed by atoms with van der Waals surface area (Å²) in [5.41, 5.74) is 0.558. The molecule has 1 saturated heterocycles. The number of rotatable bonds is 0. The first-order chi connectivity index (χ1) is 8.08. The summed E-state index contributed by atoms with van der Waals surface area (Å²) in [5.74, 6) is 0.713. The lowest BCUT2D eigenvalue weighted by Gasteiger charge is -2.21. The van der Waals surface area contributed by atoms with Gasteiger partial charge in [0.2, 0.25) is 0 Å². The average Bonchev–Trinajstić information content (AvgIpc) is 2.71. The number of hydrogen-bond acceptors (Lipinski definition) is 3. The monoisotopic (exact) mass is 232 g/mol. The Hall–Kier alpha value is -1.38. The largest absolute Gasteiger partial charge is 0.458 e. The smallest absolute Gasteiger partial charge is 0.334 e. The molecule has 2 fully saturated rings. The minimum absolute atomic E-state index is 0.0336. The van der Waals surface area contributed by atoms with E-state index in [1.165, 1.54) is 0 Å². The van der Waals surface area contributed by atoms with Crippen molar-refractivity contribution in [3.05, 3.63) is 24.3 Å². The summed E-state index contributed by atoms with van der Waals surface area (Å²) in [5, 5.41) is 0. The predicted molar refractivity (Wildman–Crippen MR) is 62.0 cm³/mol. The quantitative estimate of drug-likeness (QED) is 0.473. The Labute approximate surface area is 101 Å². The molecule has 1 aliphatic heterocycles. The van der Waals surface area contributed by atoms with Gasteiger partial charge in [-0.15, -0.1) is 0 Å². The molecule has 3 heteroatoms. The summed E-state index contributed by atoms with van der Waals surface area (Å²) in [6.45, 7) is 5.96. The first-order valence-electron chi connectivity index (χ1n) is 6.19. The van der Waals surface area contributed by atoms with Gasteiger partial charge >= 0.3 is 5.97 Å². The van der Waals surface area contributed by atoms with Gasteiger partial charge in [-0.25, -0.2) is 4.79 Å². The highest BCUT2D eigenvalue weighted by atomic mass is 16.6. The fraction of sp³-hybridized carbons (Fsp3) is 0.571. The van der Waals surface area contributed by atoms with Crippen LogP contribution in [0, 0.1) is 23.7 Å². The maximum atomic E-state index is 11.8. The minimum Gasteiger partial charge on any atom is -0.458 e. The molecule has 3 rings (SSSR count). The third kappa shape index (κ3) is 1.48. The molecule has 1 heterocycles. The van der Waals surface area contributed by atoms with E-state index in [1.807, 2.05) is 6.08 Å². The topological polar surface area (TPSA) is 43.4 Å². The van der Waals surface area contributed by atoms with Crippen LogP contribution in [0.2, 0.25) is 0 Å². The SMILES string of the molecule is C=C1C(=O)OC2C[C@@H](C)C3C=CC(=O)C3CC12. The van der Waals surface area contributed by atoms with E-state index < -0.39 is 0 Å². The lowest BCUT2D eigenvalue weighted by molar-refractivity contribution is -0.139. The second-order valence-electron chi connectivity index (χ2n) is 5.47. The number of ketones is 1. The minimum atomic E-state index is -0.274. The lowest BCUT2D eigenvalue weighted by Crippen LogP contribution is -2.21. The molecule has 3 aliphatic rings. The molecule has 1 saturated carbocycles. The van der Waals surface area contributed by atoms with Crippen molar-refractivity contribution in [1.29, 1.82) is 0 Å². The zero-order valence-corrected chi connectivity index (χ0v) is 9.89. The fourth-order valence-corrected chi connectivity index (χ4v) is 3.49. The highest BCUT2D eigenvalue weighted by Gasteiger charge is 2.47. The van der Waals surface area contributed by atoms with Crippen LogP contribution >= 0.6 is 0 Å². The van der Waals surface area contributed by atoms with Crippen LogP contribution in [-0.2, 0) is 14.3 Å². The van der Waals surface area contributed by atoms with Crippen LogP contribution in [0.25, 0.3) is 0 Å². The predicted octanol–water partition coefficient (Wildman–Crippen LogP) is 1.89. The summed E-state index contributed by atoms with van der Waals surface area (Å²) < 4.78 is 5.35. The summed E-state index contributed by atoms with van der Waals surface area (Å²) in [6, 6.07) is 0. The Morgan fingerprint density at radius 1 is 1.29 bits per heavy atom. The third-order valence-corrected chi connectivity index (χ3v) is 4.50. The van der Waals surface area contributed by atoms with Crippen molar-refractivity contribution < 1.29 is 14.3 Å². The number of esters is 1. The van der Waals surface area contributed by atoms with Crippen LogP contribution in [0.5, 0.6) is 0 Å². The van der Waals surface area contributed by atoms with Crippen molar-refractivity contribution in [2.45, 2.75) is 25.9 Å². The Morgan fingerprint density at radius 3 is 2.82 bits per heavy atom. The normalized spacial score (nSPS) is 44.3. The molecule has 0 N–H and O–H groups in total. The van der Waals surface area contributed by atoms with Gasteiger partial charge in [-0.05, 0) is 30.8 Å². The number of allylic oxidation sites excluding steroid dienone is 2. The highest BCUT2D eigenvalue weighted by Crippen LogP contribution is 2.46. The van der Waals surface area contributed by atoms with Gasteiger partial charge < -0.3 is 4.74 Å². The first kappa shape index (κ1) is 10.8. The van der Waals surface area contributed by atoms with Crippen LogP contribution in [0.1, 0.15) is 19.8 Å². The molecule has 0 aromatic rings. The number of ether oxygens (including phenoxy) is 1. The maximum absolute atomic E-state index is 11.8. The van der Waals surface area contributed by atoms with Crippen LogP contribution in [0.3, 0.4) is 0 Å². The lowest BCUT2D eigenvalue weighted by atomic mass is 9.82. The van der Waals surface area contributed by atoms with Crippen molar-refractivity contribution in [2.75, 3.05) is 0 Å². The molecule has 17 heavy (non-hydrogen) atoms. The maximum Gasteiger partial charge on any atom is 0.334 e. The van der Waals surface area contributed by atoms with Gasteiger partial charge in [0.05, 0.1) is 0 Å². The molecule has 0 aromatic heterocycles. The second-order valence-corrected chi connectivity index (χ2v) is 5.47. The number of carbonyl (C=O) groups excluding carboxylic acids is 2. The van der Waals surface area contributed by atoms with E-state index in [9.17, 15) is 9.59 Å². The third-order valence-electron chi connectivity index (χ3n) is 4.50. The molecular formula is C14H16O3. The van der Waals surface area contributed by atoms with Crippen molar-refractivity contribution in [3.8, 4) is 0 Å². The Morgan fingerprint density at radius 2 is 2.06 bits per heavy atom. The summed E-state index contributed by atoms with van der Waals surface area (Å²) in [7, 11) is 0. The van der Waals surface area contributed by atoms with E-state index in [1.54, 1.807) is 6.08 Å². The summed E-state index contributed by atoms with van der Waals surface area (Å²) in [6.07, 6.45) is 5.23. The molecule has 5 atom stereocenters. The van der Waals surface area contributed by atoms with E-state index >= 15 is 0 Å². The fourth-order valence-electron chi connectivity index (χ4n) is 3.49. The molecule has 0 spiro atoms. The van der Waals surface area contributed by atoms with E-state index in [0.29, 0.717) is 17.4 Å². The van der Waals surface area contributed by atoms with Crippen molar-refractivity contribution in [3.63, 3.8) is 0 Å². The molecule has 0 amide bonds. The summed E-state index contributed by atoms with van der Waals surface area (Å²) in [4.78, 5) is 23.4. The van der Waals surface area contributed by atoms with Crippen LogP contribution < -0.4 is 0 Å². The van der Waals surface area contributed by atoms with Crippen molar-refractivity contribution in [2.24, 2.45) is 23.7 Å². The van der Waals surface area contributed by atoms with Crippen LogP contribution in [0.4, 0.5) is 0 Å². The van der Waals surface area contributed by atoms with E-state index in [-0.39, 0.29) is 29.7 Å².